The number of fused-ring (bicyclic) bond motifs is 3. The Kier molecular flexibility index (Phi) is 2.52. The van der Waals surface area contributed by atoms with Crippen molar-refractivity contribution >= 4 is 0 Å². The summed E-state index contributed by atoms with van der Waals surface area (Å²) >= 11 is 0. The van der Waals surface area contributed by atoms with E-state index < -0.39 is 5.60 Å². The molecule has 102 valence electrons. The Morgan fingerprint density at radius 3 is 2.67 bits per heavy atom. The van der Waals surface area contributed by atoms with E-state index in [1.165, 1.54) is 0 Å². The molecule has 0 aromatic rings. The van der Waals surface area contributed by atoms with Gasteiger partial charge in [-0.1, -0.05) is 20.8 Å². The molecule has 3 nitrogen and oxygen atoms in total. The average molecular weight is 252 g/mol. The van der Waals surface area contributed by atoms with E-state index in [2.05, 4.69) is 26.8 Å². The molecule has 2 aliphatic heterocycles. The normalized spacial score (nSPS) is 51.2. The third-order valence-corrected chi connectivity index (χ3v) is 5.49. The summed E-state index contributed by atoms with van der Waals surface area (Å²) in [7, 11) is 0. The van der Waals surface area contributed by atoms with Crippen LogP contribution in [0.4, 0.5) is 0 Å². The standard InChI is InChI=1S/C15H24O3/c1-10(2)14-6-5-11(3)15(18-17-14)8-7-13(4,16)12(15)9-14/h9-11,16H,5-8H2,1-4H3/t11-,13+,14-,15+/m0/s1. The molecule has 3 heteroatoms. The lowest BCUT2D eigenvalue weighted by atomic mass is 9.80. The summed E-state index contributed by atoms with van der Waals surface area (Å²) in [6, 6.07) is 0. The van der Waals surface area contributed by atoms with Crippen LogP contribution in [0.5, 0.6) is 0 Å². The molecular weight excluding hydrogens is 228 g/mol. The average Bonchev–Trinajstić information content (AvgIpc) is 2.45. The van der Waals surface area contributed by atoms with Crippen LogP contribution in [0.3, 0.4) is 0 Å². The molecular formula is C15H24O3. The Balaban J connectivity index is 2.15. The fraction of sp³-hybridized carbons (Fsp3) is 0.867. The zero-order chi connectivity index (χ0) is 13.2. The Morgan fingerprint density at radius 1 is 1.28 bits per heavy atom. The summed E-state index contributed by atoms with van der Waals surface area (Å²) in [5, 5.41) is 10.6. The van der Waals surface area contributed by atoms with Crippen molar-refractivity contribution in [3.8, 4) is 0 Å². The molecule has 2 heterocycles. The summed E-state index contributed by atoms with van der Waals surface area (Å²) in [4.78, 5) is 11.7. The number of aliphatic hydroxyl groups is 1. The van der Waals surface area contributed by atoms with Gasteiger partial charge in [-0.25, -0.2) is 9.78 Å². The molecule has 4 aliphatic rings. The minimum Gasteiger partial charge on any atom is -0.386 e. The van der Waals surface area contributed by atoms with Crippen LogP contribution < -0.4 is 0 Å². The molecule has 0 aromatic carbocycles. The Hall–Kier alpha value is -0.380. The van der Waals surface area contributed by atoms with Gasteiger partial charge < -0.3 is 5.11 Å². The molecule has 2 bridgehead atoms. The summed E-state index contributed by atoms with van der Waals surface area (Å²) in [5.41, 5.74) is -0.390. The van der Waals surface area contributed by atoms with Gasteiger partial charge in [0.15, 0.2) is 0 Å². The zero-order valence-corrected chi connectivity index (χ0v) is 11.8. The highest BCUT2D eigenvalue weighted by Gasteiger charge is 2.61. The van der Waals surface area contributed by atoms with Crippen molar-refractivity contribution in [3.05, 3.63) is 11.6 Å². The quantitative estimate of drug-likeness (QED) is 0.576. The maximum absolute atomic E-state index is 10.6. The second kappa shape index (κ2) is 3.59. The van der Waals surface area contributed by atoms with Gasteiger partial charge in [0.1, 0.15) is 11.2 Å². The highest BCUT2D eigenvalue weighted by atomic mass is 17.2. The van der Waals surface area contributed by atoms with E-state index in [0.717, 1.165) is 31.3 Å². The Morgan fingerprint density at radius 2 is 2.00 bits per heavy atom. The number of hydrogen-bond donors (Lipinski definition) is 1. The van der Waals surface area contributed by atoms with Gasteiger partial charge in [-0.2, -0.15) is 0 Å². The zero-order valence-electron chi connectivity index (χ0n) is 11.8. The van der Waals surface area contributed by atoms with Gasteiger partial charge in [-0.05, 0) is 56.1 Å². The van der Waals surface area contributed by atoms with Crippen molar-refractivity contribution in [1.29, 1.82) is 0 Å². The van der Waals surface area contributed by atoms with Gasteiger partial charge in [0.25, 0.3) is 0 Å². The van der Waals surface area contributed by atoms with Crippen LogP contribution in [0.2, 0.25) is 0 Å². The first kappa shape index (κ1) is 12.6. The van der Waals surface area contributed by atoms with Crippen LogP contribution in [0, 0.1) is 11.8 Å². The van der Waals surface area contributed by atoms with E-state index in [1.807, 2.05) is 6.92 Å². The lowest BCUT2D eigenvalue weighted by Crippen LogP contribution is -2.48. The maximum Gasteiger partial charge on any atom is 0.130 e. The molecule has 1 N–H and O–H groups in total. The van der Waals surface area contributed by atoms with Gasteiger partial charge in [0, 0.05) is 0 Å². The summed E-state index contributed by atoms with van der Waals surface area (Å²) in [6.07, 6.45) is 5.89. The molecule has 1 saturated heterocycles. The van der Waals surface area contributed by atoms with Gasteiger partial charge in [-0.3, -0.25) is 0 Å². The maximum atomic E-state index is 10.6. The SMILES string of the molecule is CC(C)[C@]12C=C3[C@](CC[C@@]3(C)O)(OO1)[C@@H](C)CC2. The van der Waals surface area contributed by atoms with E-state index in [-0.39, 0.29) is 11.2 Å². The predicted molar refractivity (Wildman–Crippen MR) is 68.8 cm³/mol. The van der Waals surface area contributed by atoms with Gasteiger partial charge in [0.2, 0.25) is 0 Å². The van der Waals surface area contributed by atoms with E-state index in [9.17, 15) is 5.11 Å². The van der Waals surface area contributed by atoms with Crippen molar-refractivity contribution in [2.45, 2.75) is 70.2 Å². The summed E-state index contributed by atoms with van der Waals surface area (Å²) < 4.78 is 0. The third-order valence-electron chi connectivity index (χ3n) is 5.49. The Labute approximate surface area is 109 Å². The second-order valence-corrected chi connectivity index (χ2v) is 6.94. The van der Waals surface area contributed by atoms with Crippen LogP contribution in [0.25, 0.3) is 0 Å². The first-order valence-electron chi connectivity index (χ1n) is 7.15. The van der Waals surface area contributed by atoms with E-state index in [4.69, 9.17) is 9.78 Å². The topological polar surface area (TPSA) is 38.7 Å². The third kappa shape index (κ3) is 1.41. The number of rotatable bonds is 1. The van der Waals surface area contributed by atoms with Crippen LogP contribution in [0.1, 0.15) is 53.4 Å². The first-order valence-corrected chi connectivity index (χ1v) is 7.15. The molecule has 0 aromatic heterocycles. The van der Waals surface area contributed by atoms with Gasteiger partial charge in [-0.15, -0.1) is 0 Å². The van der Waals surface area contributed by atoms with Crippen LogP contribution in [-0.2, 0) is 9.78 Å². The van der Waals surface area contributed by atoms with Gasteiger partial charge >= 0.3 is 0 Å². The molecule has 1 saturated carbocycles. The van der Waals surface area contributed by atoms with Crippen molar-refractivity contribution in [3.63, 3.8) is 0 Å². The summed E-state index contributed by atoms with van der Waals surface area (Å²) in [5.74, 6) is 0.755. The summed E-state index contributed by atoms with van der Waals surface area (Å²) in [6.45, 7) is 8.46. The van der Waals surface area contributed by atoms with E-state index in [1.54, 1.807) is 0 Å². The fourth-order valence-electron chi connectivity index (χ4n) is 3.87. The second-order valence-electron chi connectivity index (χ2n) is 6.94. The molecule has 2 fully saturated rings. The van der Waals surface area contributed by atoms with E-state index in [0.29, 0.717) is 11.8 Å². The molecule has 18 heavy (non-hydrogen) atoms. The number of hydrogen-bond acceptors (Lipinski definition) is 3. The molecule has 0 unspecified atom stereocenters. The monoisotopic (exact) mass is 252 g/mol. The minimum atomic E-state index is -0.734. The predicted octanol–water partition coefficient (Wildman–Crippen LogP) is 2.98. The highest BCUT2D eigenvalue weighted by Crippen LogP contribution is 2.57. The van der Waals surface area contributed by atoms with Crippen molar-refractivity contribution < 1.29 is 14.9 Å². The van der Waals surface area contributed by atoms with E-state index >= 15 is 0 Å². The first-order chi connectivity index (χ1) is 8.32. The smallest absolute Gasteiger partial charge is 0.130 e. The molecule has 4 rings (SSSR count). The van der Waals surface area contributed by atoms with Crippen LogP contribution >= 0.6 is 0 Å². The highest BCUT2D eigenvalue weighted by molar-refractivity contribution is 5.38. The van der Waals surface area contributed by atoms with Crippen molar-refractivity contribution in [1.82, 2.24) is 0 Å². The van der Waals surface area contributed by atoms with Crippen LogP contribution in [0.15, 0.2) is 11.6 Å². The molecule has 0 radical (unpaired) electrons. The molecule has 4 atom stereocenters. The Bertz CT molecular complexity index is 399. The lowest BCUT2D eigenvalue weighted by Gasteiger charge is -2.43. The lowest BCUT2D eigenvalue weighted by molar-refractivity contribution is -0.409. The van der Waals surface area contributed by atoms with Crippen LogP contribution in [-0.4, -0.2) is 21.9 Å². The fourth-order valence-corrected chi connectivity index (χ4v) is 3.87. The van der Waals surface area contributed by atoms with Crippen molar-refractivity contribution in [2.24, 2.45) is 11.8 Å². The largest absolute Gasteiger partial charge is 0.386 e. The molecule has 0 amide bonds. The van der Waals surface area contributed by atoms with Crippen molar-refractivity contribution in [2.75, 3.05) is 0 Å². The molecule has 2 aliphatic carbocycles. The van der Waals surface area contributed by atoms with Gasteiger partial charge in [0.05, 0.1) is 5.60 Å². The minimum absolute atomic E-state index is 0.349. The molecule has 1 spiro atoms.